The molecule has 4 heteroatoms. The molecule has 0 radical (unpaired) electrons. The van der Waals surface area contributed by atoms with E-state index < -0.39 is 0 Å². The Morgan fingerprint density at radius 3 is 2.80 bits per heavy atom. The van der Waals surface area contributed by atoms with Crippen LogP contribution in [-0.4, -0.2) is 43.2 Å². The Bertz CT molecular complexity index is 245. The molecule has 1 heterocycles. The zero-order valence-electron chi connectivity index (χ0n) is 9.37. The molecule has 2 rings (SSSR count). The largest absolute Gasteiger partial charge is 0.377 e. The summed E-state index contributed by atoms with van der Waals surface area (Å²) in [4.78, 5) is 14.3. The summed E-state index contributed by atoms with van der Waals surface area (Å²) in [6.07, 6.45) is 3.07. The molecule has 1 aliphatic carbocycles. The molecule has 0 aromatic rings. The number of morpholine rings is 1. The number of hydrogen-bond donors (Lipinski definition) is 1. The molecule has 0 aromatic heterocycles. The number of amides is 1. The number of hydrogen-bond acceptors (Lipinski definition) is 3. The van der Waals surface area contributed by atoms with Crippen LogP contribution in [0.15, 0.2) is 0 Å². The maximum atomic E-state index is 12.3. The highest BCUT2D eigenvalue weighted by atomic mass is 16.5. The van der Waals surface area contributed by atoms with E-state index in [1.807, 2.05) is 11.8 Å². The maximum Gasteiger partial charge on any atom is 0.230 e. The van der Waals surface area contributed by atoms with E-state index in [1.54, 1.807) is 0 Å². The van der Waals surface area contributed by atoms with E-state index in [-0.39, 0.29) is 17.4 Å². The van der Waals surface area contributed by atoms with Crippen LogP contribution >= 0.6 is 0 Å². The fourth-order valence-electron chi connectivity index (χ4n) is 2.44. The minimum Gasteiger partial charge on any atom is -0.377 e. The topological polar surface area (TPSA) is 55.6 Å². The lowest BCUT2D eigenvalue weighted by Gasteiger charge is -2.45. The Morgan fingerprint density at radius 2 is 2.33 bits per heavy atom. The highest BCUT2D eigenvalue weighted by Gasteiger charge is 2.46. The van der Waals surface area contributed by atoms with Crippen molar-refractivity contribution in [1.29, 1.82) is 0 Å². The Morgan fingerprint density at radius 1 is 1.60 bits per heavy atom. The van der Waals surface area contributed by atoms with Gasteiger partial charge in [0.2, 0.25) is 5.91 Å². The fraction of sp³-hybridized carbons (Fsp3) is 0.909. The van der Waals surface area contributed by atoms with Gasteiger partial charge in [-0.05, 0) is 19.8 Å². The van der Waals surface area contributed by atoms with E-state index in [9.17, 15) is 4.79 Å². The van der Waals surface area contributed by atoms with Crippen molar-refractivity contribution in [3.63, 3.8) is 0 Å². The first-order valence-electron chi connectivity index (χ1n) is 5.78. The highest BCUT2D eigenvalue weighted by Crippen LogP contribution is 2.42. The SMILES string of the molecule is C[C@@H]1COCCN1C(=O)C1(CN)CCC1. The van der Waals surface area contributed by atoms with Gasteiger partial charge in [0.15, 0.2) is 0 Å². The number of carbonyl (C=O) groups is 1. The van der Waals surface area contributed by atoms with Crippen LogP contribution in [0.1, 0.15) is 26.2 Å². The molecule has 0 bridgehead atoms. The Hall–Kier alpha value is -0.610. The van der Waals surface area contributed by atoms with Crippen LogP contribution in [0.25, 0.3) is 0 Å². The van der Waals surface area contributed by atoms with Gasteiger partial charge in [0.05, 0.1) is 24.7 Å². The third-order valence-electron chi connectivity index (χ3n) is 3.78. The van der Waals surface area contributed by atoms with E-state index in [0.29, 0.717) is 19.8 Å². The van der Waals surface area contributed by atoms with Gasteiger partial charge in [-0.1, -0.05) is 6.42 Å². The third kappa shape index (κ3) is 1.76. The van der Waals surface area contributed by atoms with Crippen LogP contribution < -0.4 is 5.73 Å². The van der Waals surface area contributed by atoms with Crippen molar-refractivity contribution >= 4 is 5.91 Å². The minimum atomic E-state index is -0.231. The molecule has 4 nitrogen and oxygen atoms in total. The summed E-state index contributed by atoms with van der Waals surface area (Å²) in [6, 6.07) is 0.204. The molecule has 0 spiro atoms. The zero-order valence-corrected chi connectivity index (χ0v) is 9.37. The van der Waals surface area contributed by atoms with Crippen LogP contribution in [0.5, 0.6) is 0 Å². The highest BCUT2D eigenvalue weighted by molar-refractivity contribution is 5.84. The molecule has 2 fully saturated rings. The summed E-state index contributed by atoms with van der Waals surface area (Å²) in [5.74, 6) is 0.257. The summed E-state index contributed by atoms with van der Waals surface area (Å²) in [5, 5.41) is 0. The van der Waals surface area contributed by atoms with Crippen LogP contribution in [0.3, 0.4) is 0 Å². The van der Waals surface area contributed by atoms with E-state index in [0.717, 1.165) is 25.8 Å². The van der Waals surface area contributed by atoms with Gasteiger partial charge in [0.1, 0.15) is 0 Å². The second-order valence-corrected chi connectivity index (χ2v) is 4.76. The Kier molecular flexibility index (Phi) is 2.98. The Labute approximate surface area is 90.8 Å². The predicted molar refractivity (Wildman–Crippen MR) is 57.3 cm³/mol. The third-order valence-corrected chi connectivity index (χ3v) is 3.78. The monoisotopic (exact) mass is 212 g/mol. The maximum absolute atomic E-state index is 12.3. The molecular weight excluding hydrogens is 192 g/mol. The second kappa shape index (κ2) is 4.10. The van der Waals surface area contributed by atoms with Gasteiger partial charge >= 0.3 is 0 Å². The van der Waals surface area contributed by atoms with Crippen molar-refractivity contribution < 1.29 is 9.53 Å². The average molecular weight is 212 g/mol. The smallest absolute Gasteiger partial charge is 0.230 e. The van der Waals surface area contributed by atoms with Crippen molar-refractivity contribution in [2.45, 2.75) is 32.2 Å². The summed E-state index contributed by atoms with van der Waals surface area (Å²) >= 11 is 0. The van der Waals surface area contributed by atoms with Gasteiger partial charge in [-0.25, -0.2) is 0 Å². The van der Waals surface area contributed by atoms with Crippen molar-refractivity contribution in [3.05, 3.63) is 0 Å². The molecule has 86 valence electrons. The summed E-state index contributed by atoms with van der Waals surface area (Å²) in [5.41, 5.74) is 5.51. The second-order valence-electron chi connectivity index (χ2n) is 4.76. The number of nitrogens with two attached hydrogens (primary N) is 1. The zero-order chi connectivity index (χ0) is 10.9. The summed E-state index contributed by atoms with van der Waals surface area (Å²) < 4.78 is 5.33. The molecule has 0 aromatic carbocycles. The van der Waals surface area contributed by atoms with E-state index in [1.165, 1.54) is 0 Å². The predicted octanol–water partition coefficient (Wildman–Crippen LogP) is 0.363. The number of nitrogens with zero attached hydrogens (tertiary/aromatic N) is 1. The first-order valence-corrected chi connectivity index (χ1v) is 5.78. The van der Waals surface area contributed by atoms with E-state index in [4.69, 9.17) is 10.5 Å². The number of carbonyl (C=O) groups excluding carboxylic acids is 1. The van der Waals surface area contributed by atoms with Crippen molar-refractivity contribution in [2.24, 2.45) is 11.1 Å². The number of rotatable bonds is 2. The average Bonchev–Trinajstić information content (AvgIpc) is 2.17. The lowest BCUT2D eigenvalue weighted by Crippen LogP contribution is -2.57. The summed E-state index contributed by atoms with van der Waals surface area (Å²) in [7, 11) is 0. The van der Waals surface area contributed by atoms with Gasteiger partial charge < -0.3 is 15.4 Å². The Balaban J connectivity index is 2.05. The molecule has 1 saturated carbocycles. The van der Waals surface area contributed by atoms with Crippen LogP contribution in [0.4, 0.5) is 0 Å². The first-order chi connectivity index (χ1) is 7.19. The first kappa shape index (κ1) is 10.9. The van der Waals surface area contributed by atoms with Gasteiger partial charge in [-0.2, -0.15) is 0 Å². The summed E-state index contributed by atoms with van der Waals surface area (Å²) in [6.45, 7) is 4.58. The van der Waals surface area contributed by atoms with Crippen molar-refractivity contribution in [3.8, 4) is 0 Å². The molecule has 1 saturated heterocycles. The van der Waals surface area contributed by atoms with Crippen molar-refractivity contribution in [2.75, 3.05) is 26.3 Å². The van der Waals surface area contributed by atoms with Gasteiger partial charge in [0, 0.05) is 13.1 Å². The van der Waals surface area contributed by atoms with Crippen LogP contribution in [0.2, 0.25) is 0 Å². The quantitative estimate of drug-likeness (QED) is 0.719. The van der Waals surface area contributed by atoms with Gasteiger partial charge in [0.25, 0.3) is 0 Å². The molecule has 2 aliphatic rings. The lowest BCUT2D eigenvalue weighted by molar-refractivity contribution is -0.154. The van der Waals surface area contributed by atoms with Gasteiger partial charge in [-0.3, -0.25) is 4.79 Å². The lowest BCUT2D eigenvalue weighted by atomic mass is 9.67. The fourth-order valence-corrected chi connectivity index (χ4v) is 2.44. The normalized spacial score (nSPS) is 29.7. The molecular formula is C11H20N2O2. The molecule has 1 aliphatic heterocycles. The molecule has 15 heavy (non-hydrogen) atoms. The molecule has 2 N–H and O–H groups in total. The van der Waals surface area contributed by atoms with Gasteiger partial charge in [-0.15, -0.1) is 0 Å². The van der Waals surface area contributed by atoms with Crippen LogP contribution in [0, 0.1) is 5.41 Å². The van der Waals surface area contributed by atoms with E-state index >= 15 is 0 Å². The molecule has 1 atom stereocenters. The molecule has 1 amide bonds. The van der Waals surface area contributed by atoms with Crippen molar-refractivity contribution in [1.82, 2.24) is 4.90 Å². The standard InChI is InChI=1S/C11H20N2O2/c1-9-7-15-6-5-13(9)10(14)11(8-12)3-2-4-11/h9H,2-8,12H2,1H3/t9-/m1/s1. The van der Waals surface area contributed by atoms with E-state index in [2.05, 4.69) is 0 Å². The number of ether oxygens (including phenoxy) is 1. The van der Waals surface area contributed by atoms with Crippen LogP contribution in [-0.2, 0) is 9.53 Å². The minimum absolute atomic E-state index is 0.204. The molecule has 0 unspecified atom stereocenters.